The van der Waals surface area contributed by atoms with E-state index in [0.29, 0.717) is 37.4 Å². The van der Waals surface area contributed by atoms with Crippen LogP contribution in [0.1, 0.15) is 29.3 Å². The molecule has 0 spiro atoms. The van der Waals surface area contributed by atoms with E-state index in [-0.39, 0.29) is 43.0 Å². The molecule has 1 heterocycles. The molecule has 9 heteroatoms. The van der Waals surface area contributed by atoms with Crippen molar-refractivity contribution in [3.63, 3.8) is 0 Å². The molecule has 1 aliphatic rings. The first-order valence-electron chi connectivity index (χ1n) is 12.5. The minimum atomic E-state index is -0.431. The van der Waals surface area contributed by atoms with Gasteiger partial charge in [-0.25, -0.2) is 8.78 Å². The largest absolute Gasteiger partial charge is 0.368 e. The molecule has 0 unspecified atom stereocenters. The summed E-state index contributed by atoms with van der Waals surface area (Å²) >= 11 is 0. The standard InChI is InChI=1S/C29H30F2N4O3/c1-2-28(37)35(19-21-6-8-23(30)9-7-21)20-27(36)32-25-10-12-26(13-11-25)33-14-16-34(17-15-33)29(38)22-4-3-5-24(31)18-22/h3-13,18H,2,14-17,19-20H2,1H3,(H,32,36). The van der Waals surface area contributed by atoms with Crippen molar-refractivity contribution in [2.75, 3.05) is 42.9 Å². The average Bonchev–Trinajstić information content (AvgIpc) is 2.93. The van der Waals surface area contributed by atoms with Crippen LogP contribution in [0.25, 0.3) is 0 Å². The molecule has 0 aliphatic carbocycles. The SMILES string of the molecule is CCC(=O)N(CC(=O)Nc1ccc(N2CCN(C(=O)c3cccc(F)c3)CC2)cc1)Cc1ccc(F)cc1. The lowest BCUT2D eigenvalue weighted by Gasteiger charge is -2.36. The lowest BCUT2D eigenvalue weighted by atomic mass is 10.1. The number of amides is 3. The third-order valence-corrected chi connectivity index (χ3v) is 6.43. The molecule has 0 saturated carbocycles. The van der Waals surface area contributed by atoms with Gasteiger partial charge in [0.2, 0.25) is 11.8 Å². The highest BCUT2D eigenvalue weighted by molar-refractivity contribution is 5.95. The van der Waals surface area contributed by atoms with Crippen molar-refractivity contribution in [3.05, 3.63) is 95.6 Å². The molecule has 3 aromatic rings. The maximum Gasteiger partial charge on any atom is 0.254 e. The highest BCUT2D eigenvalue weighted by atomic mass is 19.1. The molecule has 0 aromatic heterocycles. The van der Waals surface area contributed by atoms with Gasteiger partial charge < -0.3 is 20.0 Å². The zero-order chi connectivity index (χ0) is 27.1. The first-order chi connectivity index (χ1) is 18.3. The number of nitrogens with one attached hydrogen (secondary N) is 1. The van der Waals surface area contributed by atoms with Crippen molar-refractivity contribution in [2.45, 2.75) is 19.9 Å². The number of benzene rings is 3. The quantitative estimate of drug-likeness (QED) is 0.481. The smallest absolute Gasteiger partial charge is 0.254 e. The van der Waals surface area contributed by atoms with E-state index in [1.807, 2.05) is 12.1 Å². The topological polar surface area (TPSA) is 73.0 Å². The summed E-state index contributed by atoms with van der Waals surface area (Å²) in [6, 6.07) is 18.9. The summed E-state index contributed by atoms with van der Waals surface area (Å²) in [5, 5.41) is 2.83. The highest BCUT2D eigenvalue weighted by Crippen LogP contribution is 2.21. The van der Waals surface area contributed by atoms with Crippen LogP contribution in [-0.4, -0.2) is 60.2 Å². The van der Waals surface area contributed by atoms with Gasteiger partial charge in [-0.15, -0.1) is 0 Å². The van der Waals surface area contributed by atoms with Crippen LogP contribution in [0.15, 0.2) is 72.8 Å². The summed E-state index contributed by atoms with van der Waals surface area (Å²) in [4.78, 5) is 43.0. The summed E-state index contributed by atoms with van der Waals surface area (Å²) in [7, 11) is 0. The Morgan fingerprint density at radius 2 is 1.55 bits per heavy atom. The van der Waals surface area contributed by atoms with Crippen LogP contribution in [0.2, 0.25) is 0 Å². The molecule has 3 aromatic carbocycles. The summed E-state index contributed by atoms with van der Waals surface area (Å²) in [6.45, 7) is 4.12. The molecule has 1 N–H and O–H groups in total. The van der Waals surface area contributed by atoms with Crippen molar-refractivity contribution in [2.24, 2.45) is 0 Å². The number of hydrogen-bond acceptors (Lipinski definition) is 4. The van der Waals surface area contributed by atoms with Gasteiger partial charge in [0, 0.05) is 56.1 Å². The number of hydrogen-bond donors (Lipinski definition) is 1. The second-order valence-corrected chi connectivity index (χ2v) is 9.11. The van der Waals surface area contributed by atoms with E-state index in [4.69, 9.17) is 0 Å². The van der Waals surface area contributed by atoms with Crippen LogP contribution in [-0.2, 0) is 16.1 Å². The molecule has 0 bridgehead atoms. The molecule has 1 fully saturated rings. The normalized spacial score (nSPS) is 13.2. The van der Waals surface area contributed by atoms with Crippen molar-refractivity contribution in [3.8, 4) is 0 Å². The molecule has 0 radical (unpaired) electrons. The number of rotatable bonds is 8. The van der Waals surface area contributed by atoms with E-state index in [9.17, 15) is 23.2 Å². The summed E-state index contributed by atoms with van der Waals surface area (Å²) in [5.74, 6) is -1.47. The maximum atomic E-state index is 13.5. The molecule has 3 amide bonds. The van der Waals surface area contributed by atoms with E-state index < -0.39 is 5.82 Å². The van der Waals surface area contributed by atoms with Crippen molar-refractivity contribution in [1.29, 1.82) is 0 Å². The monoisotopic (exact) mass is 520 g/mol. The van der Waals surface area contributed by atoms with E-state index in [2.05, 4.69) is 10.2 Å². The third-order valence-electron chi connectivity index (χ3n) is 6.43. The van der Waals surface area contributed by atoms with Crippen molar-refractivity contribution < 1.29 is 23.2 Å². The average molecular weight is 521 g/mol. The number of piperazine rings is 1. The van der Waals surface area contributed by atoms with Gasteiger partial charge in [0.15, 0.2) is 0 Å². The molecule has 1 saturated heterocycles. The van der Waals surface area contributed by atoms with Crippen molar-refractivity contribution >= 4 is 29.1 Å². The van der Waals surface area contributed by atoms with Gasteiger partial charge in [-0.3, -0.25) is 14.4 Å². The van der Waals surface area contributed by atoms with Gasteiger partial charge >= 0.3 is 0 Å². The van der Waals surface area contributed by atoms with Gasteiger partial charge in [-0.05, 0) is 60.2 Å². The fraction of sp³-hybridized carbons (Fsp3) is 0.276. The van der Waals surface area contributed by atoms with Crippen LogP contribution in [0.4, 0.5) is 20.2 Å². The molecule has 1 aliphatic heterocycles. The van der Waals surface area contributed by atoms with E-state index in [1.165, 1.54) is 35.2 Å². The molecule has 7 nitrogen and oxygen atoms in total. The summed E-state index contributed by atoms with van der Waals surface area (Å²) in [5.41, 5.74) is 2.64. The Kier molecular flexibility index (Phi) is 8.68. The summed E-state index contributed by atoms with van der Waals surface area (Å²) in [6.07, 6.45) is 0.254. The Labute approximate surface area is 220 Å². The molecular weight excluding hydrogens is 490 g/mol. The van der Waals surface area contributed by atoms with Crippen LogP contribution < -0.4 is 10.2 Å². The number of carbonyl (C=O) groups is 3. The molecule has 4 rings (SSSR count). The van der Waals surface area contributed by atoms with Crippen LogP contribution in [0.3, 0.4) is 0 Å². The Hall–Kier alpha value is -4.27. The second kappa shape index (κ2) is 12.3. The minimum absolute atomic E-state index is 0.118. The van der Waals surface area contributed by atoms with Gasteiger partial charge in [0.1, 0.15) is 18.2 Å². The van der Waals surface area contributed by atoms with Crippen LogP contribution in [0.5, 0.6) is 0 Å². The zero-order valence-corrected chi connectivity index (χ0v) is 21.2. The van der Waals surface area contributed by atoms with Gasteiger partial charge in [0.05, 0.1) is 0 Å². The lowest BCUT2D eigenvalue weighted by Crippen LogP contribution is -2.48. The number of nitrogens with zero attached hydrogens (tertiary/aromatic N) is 3. The molecular formula is C29H30F2N4O3. The maximum absolute atomic E-state index is 13.5. The van der Waals surface area contributed by atoms with Gasteiger partial charge in [-0.1, -0.05) is 25.1 Å². The highest BCUT2D eigenvalue weighted by Gasteiger charge is 2.23. The van der Waals surface area contributed by atoms with Crippen LogP contribution >= 0.6 is 0 Å². The van der Waals surface area contributed by atoms with Gasteiger partial charge in [-0.2, -0.15) is 0 Å². The predicted molar refractivity (Wildman–Crippen MR) is 142 cm³/mol. The number of halogens is 2. The Balaban J connectivity index is 1.30. The fourth-order valence-electron chi connectivity index (χ4n) is 4.37. The Morgan fingerprint density at radius 1 is 0.868 bits per heavy atom. The molecule has 198 valence electrons. The lowest BCUT2D eigenvalue weighted by molar-refractivity contribution is -0.135. The Bertz CT molecular complexity index is 1270. The third kappa shape index (κ3) is 6.94. The van der Waals surface area contributed by atoms with E-state index in [0.717, 1.165) is 11.3 Å². The number of anilines is 2. The van der Waals surface area contributed by atoms with Crippen molar-refractivity contribution in [1.82, 2.24) is 9.80 Å². The second-order valence-electron chi connectivity index (χ2n) is 9.11. The van der Waals surface area contributed by atoms with Gasteiger partial charge in [0.25, 0.3) is 5.91 Å². The Morgan fingerprint density at radius 3 is 2.18 bits per heavy atom. The molecule has 38 heavy (non-hydrogen) atoms. The van der Waals surface area contributed by atoms with E-state index in [1.54, 1.807) is 42.2 Å². The number of carbonyl (C=O) groups excluding carboxylic acids is 3. The predicted octanol–water partition coefficient (Wildman–Crippen LogP) is 4.30. The molecule has 0 atom stereocenters. The first-order valence-corrected chi connectivity index (χ1v) is 12.5. The first kappa shape index (κ1) is 26.8. The zero-order valence-electron chi connectivity index (χ0n) is 21.2. The van der Waals surface area contributed by atoms with Crippen LogP contribution in [0, 0.1) is 11.6 Å². The minimum Gasteiger partial charge on any atom is -0.368 e. The summed E-state index contributed by atoms with van der Waals surface area (Å²) < 4.78 is 26.7. The van der Waals surface area contributed by atoms with E-state index >= 15 is 0 Å². The fourth-order valence-corrected chi connectivity index (χ4v) is 4.37.